The van der Waals surface area contributed by atoms with Crippen LogP contribution in [0.2, 0.25) is 0 Å². The molecule has 0 aliphatic heterocycles. The van der Waals surface area contributed by atoms with Gasteiger partial charge in [-0.3, -0.25) is 4.68 Å². The van der Waals surface area contributed by atoms with E-state index < -0.39 is 0 Å². The van der Waals surface area contributed by atoms with Crippen molar-refractivity contribution in [1.82, 2.24) is 9.78 Å². The molecule has 0 N–H and O–H groups in total. The quantitative estimate of drug-likeness (QED) is 0.846. The minimum Gasteiger partial charge on any atom is -0.275 e. The highest BCUT2D eigenvalue weighted by atomic mass is 19.1. The van der Waals surface area contributed by atoms with E-state index in [-0.39, 0.29) is 11.7 Å². The van der Waals surface area contributed by atoms with E-state index in [0.717, 1.165) is 23.2 Å². The third-order valence-electron chi connectivity index (χ3n) is 3.35. The maximum absolute atomic E-state index is 13.2. The van der Waals surface area contributed by atoms with Gasteiger partial charge in [-0.25, -0.2) is 4.39 Å². The molecule has 98 valence electrons. The summed E-state index contributed by atoms with van der Waals surface area (Å²) in [5.74, 6) is -0.304. The van der Waals surface area contributed by atoms with Gasteiger partial charge in [0, 0.05) is 24.7 Å². The maximum atomic E-state index is 13.2. The highest BCUT2D eigenvalue weighted by Crippen LogP contribution is 2.31. The molecule has 1 atom stereocenters. The van der Waals surface area contributed by atoms with Gasteiger partial charge < -0.3 is 0 Å². The van der Waals surface area contributed by atoms with Gasteiger partial charge in [0.1, 0.15) is 5.82 Å². The molecule has 19 heavy (non-hydrogen) atoms. The summed E-state index contributed by atoms with van der Waals surface area (Å²) < 4.78 is 15.0. The lowest BCUT2D eigenvalue weighted by Gasteiger charge is -2.16. The molecule has 4 heteroatoms. The van der Waals surface area contributed by atoms with Gasteiger partial charge in [-0.1, -0.05) is 13.0 Å². The molecule has 0 saturated heterocycles. The van der Waals surface area contributed by atoms with E-state index in [1.165, 1.54) is 12.1 Å². The molecule has 0 fully saturated rings. The van der Waals surface area contributed by atoms with Crippen LogP contribution < -0.4 is 0 Å². The van der Waals surface area contributed by atoms with Crippen LogP contribution in [0.4, 0.5) is 4.39 Å². The van der Waals surface area contributed by atoms with Crippen molar-refractivity contribution in [3.8, 4) is 6.07 Å². The Morgan fingerprint density at radius 2 is 2.16 bits per heavy atom. The van der Waals surface area contributed by atoms with Crippen LogP contribution in [0.15, 0.2) is 24.4 Å². The molecule has 0 aliphatic carbocycles. The van der Waals surface area contributed by atoms with E-state index in [4.69, 9.17) is 0 Å². The molecule has 2 aromatic rings. The summed E-state index contributed by atoms with van der Waals surface area (Å²) in [5.41, 5.74) is 3.30. The van der Waals surface area contributed by atoms with Crippen molar-refractivity contribution in [1.29, 1.82) is 5.26 Å². The first-order valence-corrected chi connectivity index (χ1v) is 6.26. The highest BCUT2D eigenvalue weighted by Gasteiger charge is 2.20. The van der Waals surface area contributed by atoms with Gasteiger partial charge in [-0.15, -0.1) is 0 Å². The molecule has 0 saturated carbocycles. The second kappa shape index (κ2) is 5.23. The van der Waals surface area contributed by atoms with Crippen molar-refractivity contribution in [2.45, 2.75) is 26.2 Å². The Labute approximate surface area is 112 Å². The fourth-order valence-corrected chi connectivity index (χ4v) is 2.50. The van der Waals surface area contributed by atoms with Gasteiger partial charge in [-0.2, -0.15) is 10.4 Å². The standard InChI is InChI=1S/C15H16FN3/c1-4-13(15-9-19(3)18-10(15)2)14-6-5-12(16)7-11(14)8-17/h5-7,9,13H,4H2,1-3H3/t13-/m0/s1. The molecule has 3 nitrogen and oxygen atoms in total. The minimum atomic E-state index is -0.377. The summed E-state index contributed by atoms with van der Waals surface area (Å²) in [5, 5.41) is 13.5. The van der Waals surface area contributed by atoms with Gasteiger partial charge in [0.15, 0.2) is 0 Å². The average Bonchev–Trinajstić information content (AvgIpc) is 2.71. The molecule has 1 aromatic heterocycles. The van der Waals surface area contributed by atoms with Crippen molar-refractivity contribution in [3.05, 3.63) is 52.6 Å². The summed E-state index contributed by atoms with van der Waals surface area (Å²) in [6, 6.07) is 6.49. The number of benzene rings is 1. The van der Waals surface area contributed by atoms with Crippen LogP contribution in [0.1, 0.15) is 41.6 Å². The average molecular weight is 257 g/mol. The zero-order valence-corrected chi connectivity index (χ0v) is 11.3. The Morgan fingerprint density at radius 3 is 2.68 bits per heavy atom. The van der Waals surface area contributed by atoms with Crippen LogP contribution in [-0.4, -0.2) is 9.78 Å². The van der Waals surface area contributed by atoms with Crippen molar-refractivity contribution < 1.29 is 4.39 Å². The van der Waals surface area contributed by atoms with Crippen molar-refractivity contribution in [3.63, 3.8) is 0 Å². The van der Waals surface area contributed by atoms with Crippen LogP contribution in [-0.2, 0) is 7.05 Å². The second-order valence-electron chi connectivity index (χ2n) is 4.65. The molecule has 0 radical (unpaired) electrons. The molecular weight excluding hydrogens is 241 g/mol. The predicted molar refractivity (Wildman–Crippen MR) is 71.2 cm³/mol. The van der Waals surface area contributed by atoms with E-state index in [0.29, 0.717) is 5.56 Å². The zero-order valence-electron chi connectivity index (χ0n) is 11.3. The molecule has 2 rings (SSSR count). The zero-order chi connectivity index (χ0) is 14.0. The van der Waals surface area contributed by atoms with Gasteiger partial charge >= 0.3 is 0 Å². The Kier molecular flexibility index (Phi) is 3.66. The number of halogens is 1. The Balaban J connectivity index is 2.55. The monoisotopic (exact) mass is 257 g/mol. The summed E-state index contributed by atoms with van der Waals surface area (Å²) in [6.07, 6.45) is 2.81. The fourth-order valence-electron chi connectivity index (χ4n) is 2.50. The Hall–Kier alpha value is -2.15. The van der Waals surface area contributed by atoms with Crippen LogP contribution in [0.25, 0.3) is 0 Å². The Morgan fingerprint density at radius 1 is 1.42 bits per heavy atom. The van der Waals surface area contributed by atoms with Gasteiger partial charge in [0.05, 0.1) is 17.3 Å². The van der Waals surface area contributed by atoms with Crippen LogP contribution in [0.5, 0.6) is 0 Å². The first kappa shape index (κ1) is 13.3. The molecule has 0 bridgehead atoms. The first-order valence-electron chi connectivity index (χ1n) is 6.26. The molecule has 1 heterocycles. The predicted octanol–water partition coefficient (Wildman–Crippen LogP) is 3.28. The smallest absolute Gasteiger partial charge is 0.124 e. The van der Waals surface area contributed by atoms with Crippen molar-refractivity contribution in [2.75, 3.05) is 0 Å². The number of aryl methyl sites for hydroxylation is 2. The summed E-state index contributed by atoms with van der Waals surface area (Å²) in [4.78, 5) is 0. The van der Waals surface area contributed by atoms with E-state index in [1.807, 2.05) is 20.2 Å². The SMILES string of the molecule is CC[C@@H](c1ccc(F)cc1C#N)c1cn(C)nc1C. The number of hydrogen-bond donors (Lipinski definition) is 0. The molecular formula is C15H16FN3. The third kappa shape index (κ3) is 2.50. The number of nitrogens with zero attached hydrogens (tertiary/aromatic N) is 3. The Bertz CT molecular complexity index is 637. The summed E-state index contributed by atoms with van der Waals surface area (Å²) in [7, 11) is 1.87. The third-order valence-corrected chi connectivity index (χ3v) is 3.35. The van der Waals surface area contributed by atoms with Crippen molar-refractivity contribution >= 4 is 0 Å². The van der Waals surface area contributed by atoms with Crippen LogP contribution >= 0.6 is 0 Å². The molecule has 0 unspecified atom stereocenters. The van der Waals surface area contributed by atoms with Crippen LogP contribution in [0.3, 0.4) is 0 Å². The largest absolute Gasteiger partial charge is 0.275 e. The van der Waals surface area contributed by atoms with Crippen molar-refractivity contribution in [2.24, 2.45) is 7.05 Å². The van der Waals surface area contributed by atoms with Gasteiger partial charge in [-0.05, 0) is 31.0 Å². The van der Waals surface area contributed by atoms with E-state index in [2.05, 4.69) is 18.1 Å². The topological polar surface area (TPSA) is 41.6 Å². The highest BCUT2D eigenvalue weighted by molar-refractivity contribution is 5.44. The second-order valence-corrected chi connectivity index (χ2v) is 4.65. The number of rotatable bonds is 3. The minimum absolute atomic E-state index is 0.0731. The molecule has 1 aromatic carbocycles. The van der Waals surface area contributed by atoms with E-state index in [9.17, 15) is 9.65 Å². The summed E-state index contributed by atoms with van der Waals surface area (Å²) in [6.45, 7) is 4.01. The lowest BCUT2D eigenvalue weighted by molar-refractivity contribution is 0.625. The molecule has 0 aliphatic rings. The fraction of sp³-hybridized carbons (Fsp3) is 0.333. The maximum Gasteiger partial charge on any atom is 0.124 e. The number of hydrogen-bond acceptors (Lipinski definition) is 2. The van der Waals surface area contributed by atoms with Gasteiger partial charge in [0.25, 0.3) is 0 Å². The van der Waals surface area contributed by atoms with E-state index in [1.54, 1.807) is 10.7 Å². The lowest BCUT2D eigenvalue weighted by atomic mass is 9.87. The number of nitriles is 1. The van der Waals surface area contributed by atoms with Crippen LogP contribution in [0, 0.1) is 24.1 Å². The molecule has 0 amide bonds. The van der Waals surface area contributed by atoms with E-state index >= 15 is 0 Å². The lowest BCUT2D eigenvalue weighted by Crippen LogP contribution is -2.03. The first-order chi connectivity index (χ1) is 9.06. The molecule has 0 spiro atoms. The van der Waals surface area contributed by atoms with Gasteiger partial charge in [0.2, 0.25) is 0 Å². The normalized spacial score (nSPS) is 12.2. The number of aromatic nitrogens is 2. The summed E-state index contributed by atoms with van der Waals surface area (Å²) >= 11 is 0.